The Morgan fingerprint density at radius 3 is 2.00 bits per heavy atom. The molecule has 3 rings (SSSR count). The van der Waals surface area contributed by atoms with Gasteiger partial charge in [-0.2, -0.15) is 5.26 Å². The maximum absolute atomic E-state index is 9.91. The predicted octanol–water partition coefficient (Wildman–Crippen LogP) is 4.31. The molecule has 3 aliphatic carbocycles. The van der Waals surface area contributed by atoms with Gasteiger partial charge in [0.05, 0.1) is 23.2 Å². The first kappa shape index (κ1) is 16.4. The molecule has 0 radical (unpaired) electrons. The molecule has 22 heavy (non-hydrogen) atoms. The third kappa shape index (κ3) is 1.84. The van der Waals surface area contributed by atoms with Crippen LogP contribution >= 0.6 is 0 Å². The first-order chi connectivity index (χ1) is 9.91. The molecule has 0 spiro atoms. The number of hydrogen-bond acceptors (Lipinski definition) is 3. The molecule has 0 amide bonds. The van der Waals surface area contributed by atoms with Gasteiger partial charge in [0.15, 0.2) is 16.6 Å². The highest BCUT2D eigenvalue weighted by Gasteiger charge is 2.81. The van der Waals surface area contributed by atoms with Crippen molar-refractivity contribution in [2.45, 2.75) is 70.2 Å². The number of nitrogens with zero attached hydrogens (tertiary/aromatic N) is 1. The second-order valence-electron chi connectivity index (χ2n) is 9.43. The van der Waals surface area contributed by atoms with Crippen LogP contribution in [-0.2, 0) is 8.85 Å². The van der Waals surface area contributed by atoms with Crippen molar-refractivity contribution in [2.24, 2.45) is 17.3 Å². The lowest BCUT2D eigenvalue weighted by atomic mass is 9.69. The maximum atomic E-state index is 9.91. The zero-order valence-corrected chi connectivity index (χ0v) is 17.0. The fourth-order valence-corrected chi connectivity index (χ4v) is 8.19. The summed E-state index contributed by atoms with van der Waals surface area (Å²) < 4.78 is 13.5. The van der Waals surface area contributed by atoms with Gasteiger partial charge in [-0.15, -0.1) is 0 Å². The molecule has 0 heterocycles. The molecule has 0 N–H and O–H groups in total. The summed E-state index contributed by atoms with van der Waals surface area (Å²) in [5.41, 5.74) is -0.808. The van der Waals surface area contributed by atoms with Crippen LogP contribution in [0.2, 0.25) is 39.3 Å². The standard InChI is InChI=1S/C17H29NO2Si2/c1-15-9-8-13-14(12-18)17(15,20-22(5,6)7)11-10-16(13,15)19-21(2,3)4/h10-11,13-14H,8-9H2,1-7H3. The average Bonchev–Trinajstić information content (AvgIpc) is 2.76. The molecule has 5 atom stereocenters. The van der Waals surface area contributed by atoms with Gasteiger partial charge in [0.2, 0.25) is 0 Å². The van der Waals surface area contributed by atoms with Gasteiger partial charge in [-0.1, -0.05) is 19.1 Å². The van der Waals surface area contributed by atoms with Crippen molar-refractivity contribution in [3.05, 3.63) is 12.2 Å². The fraction of sp³-hybridized carbons (Fsp3) is 0.824. The lowest BCUT2D eigenvalue weighted by Crippen LogP contribution is -2.56. The summed E-state index contributed by atoms with van der Waals surface area (Å²) in [4.78, 5) is 0. The van der Waals surface area contributed by atoms with Gasteiger partial charge >= 0.3 is 0 Å². The summed E-state index contributed by atoms with van der Waals surface area (Å²) in [6.07, 6.45) is 6.66. The van der Waals surface area contributed by atoms with Crippen LogP contribution in [0.25, 0.3) is 0 Å². The van der Waals surface area contributed by atoms with Gasteiger partial charge < -0.3 is 8.85 Å². The first-order valence-corrected chi connectivity index (χ1v) is 15.2. The van der Waals surface area contributed by atoms with E-state index in [2.05, 4.69) is 64.4 Å². The fourth-order valence-electron chi connectivity index (χ4n) is 5.29. The Kier molecular flexibility index (Phi) is 3.25. The minimum Gasteiger partial charge on any atom is -0.408 e. The highest BCUT2D eigenvalue weighted by molar-refractivity contribution is 6.70. The number of nitriles is 1. The Labute approximate surface area is 136 Å². The van der Waals surface area contributed by atoms with E-state index in [0.29, 0.717) is 0 Å². The monoisotopic (exact) mass is 335 g/mol. The predicted molar refractivity (Wildman–Crippen MR) is 93.4 cm³/mol. The number of rotatable bonds is 4. The topological polar surface area (TPSA) is 42.2 Å². The van der Waals surface area contributed by atoms with Crippen LogP contribution < -0.4 is 0 Å². The average molecular weight is 336 g/mol. The largest absolute Gasteiger partial charge is 0.408 e. The summed E-state index contributed by atoms with van der Waals surface area (Å²) in [5.74, 6) is 0.217. The van der Waals surface area contributed by atoms with E-state index in [1.165, 1.54) is 0 Å². The second kappa shape index (κ2) is 4.35. The Hall–Kier alpha value is -0.416. The van der Waals surface area contributed by atoms with E-state index < -0.39 is 22.2 Å². The summed E-state index contributed by atoms with van der Waals surface area (Å²) >= 11 is 0. The highest BCUT2D eigenvalue weighted by atomic mass is 28.4. The van der Waals surface area contributed by atoms with Gasteiger partial charge in [0, 0.05) is 11.3 Å². The van der Waals surface area contributed by atoms with Gasteiger partial charge in [0.25, 0.3) is 0 Å². The van der Waals surface area contributed by atoms with E-state index >= 15 is 0 Å². The molecule has 122 valence electrons. The number of hydrogen-bond donors (Lipinski definition) is 0. The molecule has 5 unspecified atom stereocenters. The molecule has 4 bridgehead atoms. The summed E-state index contributed by atoms with van der Waals surface area (Å²) in [5, 5.41) is 9.91. The quantitative estimate of drug-likeness (QED) is 0.568. The van der Waals surface area contributed by atoms with E-state index in [-0.39, 0.29) is 22.9 Å². The molecule has 0 aromatic rings. The molecule has 3 aliphatic rings. The maximum Gasteiger partial charge on any atom is 0.185 e. The van der Waals surface area contributed by atoms with E-state index in [9.17, 15) is 5.26 Å². The molecule has 0 aromatic carbocycles. The van der Waals surface area contributed by atoms with Crippen LogP contribution in [0.4, 0.5) is 0 Å². The lowest BCUT2D eigenvalue weighted by Gasteiger charge is -2.48. The summed E-state index contributed by atoms with van der Waals surface area (Å²) in [6.45, 7) is 15.7. The van der Waals surface area contributed by atoms with Gasteiger partial charge in [-0.05, 0) is 52.1 Å². The smallest absolute Gasteiger partial charge is 0.185 e. The molecule has 2 fully saturated rings. The van der Waals surface area contributed by atoms with Gasteiger partial charge in [-0.3, -0.25) is 0 Å². The summed E-state index contributed by atoms with van der Waals surface area (Å²) in [7, 11) is -3.49. The molecular weight excluding hydrogens is 306 g/mol. The molecule has 0 saturated heterocycles. The normalized spacial score (nSPS) is 46.3. The zero-order chi connectivity index (χ0) is 16.6. The molecular formula is C17H29NO2Si2. The van der Waals surface area contributed by atoms with E-state index in [4.69, 9.17) is 8.85 Å². The minimum atomic E-state index is -1.77. The Balaban J connectivity index is 2.12. The van der Waals surface area contributed by atoms with Crippen molar-refractivity contribution in [3.8, 4) is 6.07 Å². The zero-order valence-electron chi connectivity index (χ0n) is 15.0. The third-order valence-corrected chi connectivity index (χ3v) is 7.66. The van der Waals surface area contributed by atoms with Crippen molar-refractivity contribution in [1.29, 1.82) is 5.26 Å². The van der Waals surface area contributed by atoms with Crippen LogP contribution in [-0.4, -0.2) is 27.8 Å². The van der Waals surface area contributed by atoms with Crippen LogP contribution in [0.5, 0.6) is 0 Å². The van der Waals surface area contributed by atoms with Crippen molar-refractivity contribution in [2.75, 3.05) is 0 Å². The van der Waals surface area contributed by atoms with Crippen LogP contribution in [0.1, 0.15) is 19.8 Å². The second-order valence-corrected chi connectivity index (χ2v) is 18.3. The molecule has 2 saturated carbocycles. The van der Waals surface area contributed by atoms with E-state index in [1.54, 1.807) is 0 Å². The SMILES string of the molecule is CC12CCC3C(C#N)C1(O[Si](C)(C)C)C=CC32O[Si](C)(C)C. The molecule has 5 heteroatoms. The van der Waals surface area contributed by atoms with E-state index in [0.717, 1.165) is 12.8 Å². The third-order valence-electron chi connectivity index (χ3n) is 5.76. The Morgan fingerprint density at radius 1 is 1.00 bits per heavy atom. The Bertz CT molecular complexity index is 571. The molecule has 0 aromatic heterocycles. The van der Waals surface area contributed by atoms with Crippen LogP contribution in [0.15, 0.2) is 12.2 Å². The van der Waals surface area contributed by atoms with Crippen LogP contribution in [0.3, 0.4) is 0 Å². The van der Waals surface area contributed by atoms with Crippen molar-refractivity contribution in [3.63, 3.8) is 0 Å². The van der Waals surface area contributed by atoms with E-state index in [1.807, 2.05) is 0 Å². The molecule has 0 aliphatic heterocycles. The molecule has 3 nitrogen and oxygen atoms in total. The van der Waals surface area contributed by atoms with Crippen molar-refractivity contribution in [1.82, 2.24) is 0 Å². The summed E-state index contributed by atoms with van der Waals surface area (Å²) in [6, 6.07) is 2.61. The van der Waals surface area contributed by atoms with Gasteiger partial charge in [0.1, 0.15) is 0 Å². The first-order valence-electron chi connectivity index (χ1n) is 8.41. The highest BCUT2D eigenvalue weighted by Crippen LogP contribution is 2.75. The Morgan fingerprint density at radius 2 is 1.50 bits per heavy atom. The van der Waals surface area contributed by atoms with Gasteiger partial charge in [-0.25, -0.2) is 0 Å². The van der Waals surface area contributed by atoms with Crippen molar-refractivity contribution < 1.29 is 8.85 Å². The van der Waals surface area contributed by atoms with Crippen molar-refractivity contribution >= 4 is 16.6 Å². The lowest BCUT2D eigenvalue weighted by molar-refractivity contribution is -0.0590. The minimum absolute atomic E-state index is 0.0701. The van der Waals surface area contributed by atoms with Crippen LogP contribution in [0, 0.1) is 28.6 Å².